The van der Waals surface area contributed by atoms with Gasteiger partial charge in [0.15, 0.2) is 0 Å². The minimum Gasteiger partial charge on any atom is -0.480 e. The van der Waals surface area contributed by atoms with E-state index in [9.17, 15) is 19.2 Å². The van der Waals surface area contributed by atoms with Crippen LogP contribution in [0.4, 0.5) is 4.79 Å². The van der Waals surface area contributed by atoms with Crippen LogP contribution in [0.5, 0.6) is 0 Å². The molecule has 118 valence electrons. The smallest absolute Gasteiger partial charge is 0.321 e. The van der Waals surface area contributed by atoms with Crippen LogP contribution in [0, 0.1) is 0 Å². The molecule has 1 aliphatic rings. The van der Waals surface area contributed by atoms with Crippen LogP contribution in [-0.4, -0.2) is 89.4 Å². The fourth-order valence-corrected chi connectivity index (χ4v) is 2.06. The molecule has 0 atom stereocenters. The summed E-state index contributed by atoms with van der Waals surface area (Å²) in [5.74, 6) is -2.41. The van der Waals surface area contributed by atoms with Crippen LogP contribution in [0.25, 0.3) is 0 Å². The Morgan fingerprint density at radius 1 is 0.952 bits per heavy atom. The van der Waals surface area contributed by atoms with Crippen molar-refractivity contribution in [3.05, 3.63) is 0 Å². The van der Waals surface area contributed by atoms with Crippen molar-refractivity contribution in [2.45, 2.75) is 0 Å². The summed E-state index contributed by atoms with van der Waals surface area (Å²) in [6.45, 7) is 0.543. The summed E-state index contributed by atoms with van der Waals surface area (Å²) in [5.41, 5.74) is 10.1. The van der Waals surface area contributed by atoms with Crippen molar-refractivity contribution in [3.8, 4) is 0 Å². The maximum Gasteiger partial charge on any atom is 0.321 e. The van der Waals surface area contributed by atoms with E-state index in [0.29, 0.717) is 26.2 Å². The Bertz CT molecular complexity index is 417. The van der Waals surface area contributed by atoms with Gasteiger partial charge in [0.05, 0.1) is 6.54 Å². The second-order valence-corrected chi connectivity index (χ2v) is 4.73. The number of rotatable bonds is 6. The zero-order chi connectivity index (χ0) is 16.0. The number of carbonyl (C=O) groups is 4. The van der Waals surface area contributed by atoms with E-state index in [0.717, 1.165) is 4.90 Å². The lowest BCUT2D eigenvalue weighted by Crippen LogP contribution is -2.55. The quantitative estimate of drug-likeness (QED) is 0.478. The summed E-state index contributed by atoms with van der Waals surface area (Å²) in [6, 6.07) is -0.512. The highest BCUT2D eigenvalue weighted by molar-refractivity contribution is 5.87. The number of nitrogens with two attached hydrogens (primary N) is 2. The molecular formula is C11H19N5O5. The topological polar surface area (TPSA) is 150 Å². The minimum atomic E-state index is -0.932. The molecule has 21 heavy (non-hydrogen) atoms. The molecule has 0 aromatic heterocycles. The third-order valence-electron chi connectivity index (χ3n) is 2.97. The molecule has 0 aromatic carbocycles. The molecule has 0 unspecified atom stereocenters. The Morgan fingerprint density at radius 2 is 1.43 bits per heavy atom. The van der Waals surface area contributed by atoms with E-state index in [2.05, 4.69) is 0 Å². The number of hydrogen-bond acceptors (Lipinski definition) is 5. The van der Waals surface area contributed by atoms with E-state index in [-0.39, 0.29) is 6.54 Å². The van der Waals surface area contributed by atoms with Gasteiger partial charge in [0.1, 0.15) is 13.1 Å². The highest BCUT2D eigenvalue weighted by Crippen LogP contribution is 2.05. The standard InChI is InChI=1S/C11H19N5O5/c12-8(17)5-16(6-9(13)18)11(21)15-3-1-14(2-4-15)7-10(19)20/h1-7H2,(H2,12,17)(H2,13,18)(H,19,20). The molecule has 10 nitrogen and oxygen atoms in total. The van der Waals surface area contributed by atoms with Crippen LogP contribution in [0.1, 0.15) is 0 Å². The Labute approximate surface area is 121 Å². The number of carbonyl (C=O) groups excluding carboxylic acids is 3. The fourth-order valence-electron chi connectivity index (χ4n) is 2.06. The largest absolute Gasteiger partial charge is 0.480 e. The third-order valence-corrected chi connectivity index (χ3v) is 2.97. The zero-order valence-corrected chi connectivity index (χ0v) is 11.5. The van der Waals surface area contributed by atoms with Crippen LogP contribution >= 0.6 is 0 Å². The Hall–Kier alpha value is -2.36. The number of primary amides is 2. The first-order valence-electron chi connectivity index (χ1n) is 6.34. The van der Waals surface area contributed by atoms with Crippen LogP contribution in [0.2, 0.25) is 0 Å². The number of amides is 4. The molecule has 0 radical (unpaired) electrons. The van der Waals surface area contributed by atoms with Gasteiger partial charge in [-0.2, -0.15) is 0 Å². The molecule has 0 aliphatic carbocycles. The summed E-state index contributed by atoms with van der Waals surface area (Å²) in [4.78, 5) is 48.8. The van der Waals surface area contributed by atoms with Gasteiger partial charge in [0.25, 0.3) is 0 Å². The first-order valence-corrected chi connectivity index (χ1v) is 6.34. The normalized spacial score (nSPS) is 15.5. The van der Waals surface area contributed by atoms with Gasteiger partial charge in [-0.05, 0) is 0 Å². The van der Waals surface area contributed by atoms with E-state index < -0.39 is 36.9 Å². The zero-order valence-electron chi connectivity index (χ0n) is 11.5. The lowest BCUT2D eigenvalue weighted by atomic mass is 10.3. The van der Waals surface area contributed by atoms with Crippen molar-refractivity contribution in [2.75, 3.05) is 45.8 Å². The lowest BCUT2D eigenvalue weighted by Gasteiger charge is -2.36. The molecule has 10 heteroatoms. The maximum atomic E-state index is 12.2. The molecule has 1 rings (SSSR count). The van der Waals surface area contributed by atoms with Crippen LogP contribution < -0.4 is 11.5 Å². The van der Waals surface area contributed by atoms with Crippen molar-refractivity contribution in [1.82, 2.24) is 14.7 Å². The second-order valence-electron chi connectivity index (χ2n) is 4.73. The van der Waals surface area contributed by atoms with Gasteiger partial charge in [0, 0.05) is 26.2 Å². The van der Waals surface area contributed by atoms with Gasteiger partial charge in [0.2, 0.25) is 11.8 Å². The molecular weight excluding hydrogens is 282 g/mol. The van der Waals surface area contributed by atoms with Crippen molar-refractivity contribution in [1.29, 1.82) is 0 Å². The molecule has 1 heterocycles. The van der Waals surface area contributed by atoms with Gasteiger partial charge in [-0.1, -0.05) is 0 Å². The molecule has 0 saturated carbocycles. The Kier molecular flexibility index (Phi) is 5.91. The van der Waals surface area contributed by atoms with Crippen LogP contribution in [-0.2, 0) is 14.4 Å². The van der Waals surface area contributed by atoms with Gasteiger partial charge in [-0.3, -0.25) is 19.3 Å². The van der Waals surface area contributed by atoms with Crippen molar-refractivity contribution >= 4 is 23.8 Å². The first kappa shape index (κ1) is 16.7. The monoisotopic (exact) mass is 301 g/mol. The summed E-state index contributed by atoms with van der Waals surface area (Å²) in [7, 11) is 0. The molecule has 1 fully saturated rings. The molecule has 1 aliphatic heterocycles. The van der Waals surface area contributed by atoms with E-state index in [1.54, 1.807) is 4.90 Å². The predicted molar refractivity (Wildman–Crippen MR) is 71.0 cm³/mol. The second kappa shape index (κ2) is 7.43. The number of urea groups is 1. The molecule has 4 amide bonds. The highest BCUT2D eigenvalue weighted by atomic mass is 16.4. The van der Waals surface area contributed by atoms with Gasteiger partial charge in [-0.15, -0.1) is 0 Å². The van der Waals surface area contributed by atoms with Gasteiger partial charge >= 0.3 is 12.0 Å². The van der Waals surface area contributed by atoms with E-state index in [1.165, 1.54) is 4.90 Å². The average Bonchev–Trinajstić information content (AvgIpc) is 2.36. The third kappa shape index (κ3) is 5.65. The number of nitrogens with zero attached hydrogens (tertiary/aromatic N) is 3. The summed E-state index contributed by atoms with van der Waals surface area (Å²) >= 11 is 0. The van der Waals surface area contributed by atoms with Crippen LogP contribution in [0.15, 0.2) is 0 Å². The highest BCUT2D eigenvalue weighted by Gasteiger charge is 2.27. The van der Waals surface area contributed by atoms with E-state index >= 15 is 0 Å². The number of carboxylic acid groups (broad SMARTS) is 1. The lowest BCUT2D eigenvalue weighted by molar-refractivity contribution is -0.138. The van der Waals surface area contributed by atoms with Gasteiger partial charge in [-0.25, -0.2) is 4.79 Å². The molecule has 0 spiro atoms. The summed E-state index contributed by atoms with van der Waals surface area (Å²) in [5, 5.41) is 8.69. The van der Waals surface area contributed by atoms with Crippen molar-refractivity contribution < 1.29 is 24.3 Å². The van der Waals surface area contributed by atoms with Crippen molar-refractivity contribution in [2.24, 2.45) is 11.5 Å². The Morgan fingerprint density at radius 3 is 1.81 bits per heavy atom. The number of piperazine rings is 1. The Balaban J connectivity index is 2.58. The molecule has 0 aromatic rings. The van der Waals surface area contributed by atoms with E-state index in [1.807, 2.05) is 0 Å². The summed E-state index contributed by atoms with van der Waals surface area (Å²) < 4.78 is 0. The fraction of sp³-hybridized carbons (Fsp3) is 0.636. The number of aliphatic carboxylic acids is 1. The SMILES string of the molecule is NC(=O)CN(CC(N)=O)C(=O)N1CCN(CC(=O)O)CC1. The number of carboxylic acids is 1. The van der Waals surface area contributed by atoms with Crippen LogP contribution in [0.3, 0.4) is 0 Å². The predicted octanol–water partition coefficient (Wildman–Crippen LogP) is -2.92. The molecule has 0 bridgehead atoms. The minimum absolute atomic E-state index is 0.0890. The average molecular weight is 301 g/mol. The van der Waals surface area contributed by atoms with Crippen molar-refractivity contribution in [3.63, 3.8) is 0 Å². The first-order chi connectivity index (χ1) is 9.79. The summed E-state index contributed by atoms with van der Waals surface area (Å²) in [6.07, 6.45) is 0. The molecule has 5 N–H and O–H groups in total. The maximum absolute atomic E-state index is 12.2. The number of hydrogen-bond donors (Lipinski definition) is 3. The van der Waals surface area contributed by atoms with Gasteiger partial charge < -0.3 is 26.4 Å². The van der Waals surface area contributed by atoms with E-state index in [4.69, 9.17) is 16.6 Å². The molecule has 1 saturated heterocycles.